The largest absolute Gasteiger partial charge is 0.480 e. The fourth-order valence-electron chi connectivity index (χ4n) is 1.68. The first-order valence-corrected chi connectivity index (χ1v) is 8.00. The highest BCUT2D eigenvalue weighted by Crippen LogP contribution is 2.08. The Kier molecular flexibility index (Phi) is 7.45. The van der Waals surface area contributed by atoms with Crippen LogP contribution in [-0.2, 0) is 14.4 Å². The summed E-state index contributed by atoms with van der Waals surface area (Å²) in [5, 5.41) is 14.1. The van der Waals surface area contributed by atoms with E-state index in [2.05, 4.69) is 10.6 Å². The molecule has 22 heavy (non-hydrogen) atoms. The van der Waals surface area contributed by atoms with Crippen LogP contribution in [0.25, 0.3) is 0 Å². The van der Waals surface area contributed by atoms with Crippen molar-refractivity contribution >= 4 is 35.2 Å². The van der Waals surface area contributed by atoms with Gasteiger partial charge in [-0.2, -0.15) is 0 Å². The lowest BCUT2D eigenvalue weighted by molar-refractivity contribution is -0.142. The van der Waals surface area contributed by atoms with E-state index in [-0.39, 0.29) is 23.3 Å². The minimum absolute atomic E-state index is 0.0404. The minimum Gasteiger partial charge on any atom is -0.480 e. The van der Waals surface area contributed by atoms with Crippen LogP contribution in [0.15, 0.2) is 30.3 Å². The van der Waals surface area contributed by atoms with E-state index in [0.717, 1.165) is 11.8 Å². The number of aliphatic carboxylic acids is 1. The third kappa shape index (κ3) is 6.62. The van der Waals surface area contributed by atoms with Gasteiger partial charge in [0, 0.05) is 5.69 Å². The minimum atomic E-state index is -1.06. The molecule has 0 bridgehead atoms. The molecule has 0 radical (unpaired) electrons. The van der Waals surface area contributed by atoms with Crippen molar-refractivity contribution in [1.29, 1.82) is 0 Å². The van der Waals surface area contributed by atoms with Crippen molar-refractivity contribution in [1.82, 2.24) is 5.32 Å². The molecule has 0 spiro atoms. The topological polar surface area (TPSA) is 95.5 Å². The van der Waals surface area contributed by atoms with Crippen LogP contribution in [0.3, 0.4) is 0 Å². The molecule has 0 aliphatic rings. The number of hydrogen-bond acceptors (Lipinski definition) is 4. The Balaban J connectivity index is 2.30. The molecule has 0 aliphatic heterocycles. The molecule has 0 aromatic heterocycles. The summed E-state index contributed by atoms with van der Waals surface area (Å²) in [6.45, 7) is 3.44. The lowest BCUT2D eigenvalue weighted by Gasteiger charge is -2.17. The molecule has 0 aliphatic carbocycles. The van der Waals surface area contributed by atoms with Crippen molar-refractivity contribution in [2.75, 3.05) is 16.8 Å². The van der Waals surface area contributed by atoms with Gasteiger partial charge in [0.1, 0.15) is 6.04 Å². The van der Waals surface area contributed by atoms with E-state index in [4.69, 9.17) is 5.11 Å². The number of benzene rings is 1. The van der Waals surface area contributed by atoms with Crippen LogP contribution in [0.1, 0.15) is 13.8 Å². The number of thioether (sulfide) groups is 1. The predicted octanol–water partition coefficient (Wildman–Crippen LogP) is 1.58. The Hall–Kier alpha value is -2.02. The van der Waals surface area contributed by atoms with E-state index in [9.17, 15) is 14.4 Å². The molecular formula is C15H20N2O4S. The molecule has 1 aromatic carbocycles. The first kappa shape index (κ1) is 18.0. The van der Waals surface area contributed by atoms with Crippen molar-refractivity contribution in [3.8, 4) is 0 Å². The molecule has 6 nitrogen and oxygen atoms in total. The number of para-hydroxylation sites is 1. The van der Waals surface area contributed by atoms with Gasteiger partial charge in [-0.3, -0.25) is 9.59 Å². The quantitative estimate of drug-likeness (QED) is 0.675. The maximum atomic E-state index is 11.7. The Morgan fingerprint density at radius 1 is 1.09 bits per heavy atom. The zero-order valence-electron chi connectivity index (χ0n) is 12.5. The maximum absolute atomic E-state index is 11.7. The van der Waals surface area contributed by atoms with Gasteiger partial charge in [-0.05, 0) is 18.1 Å². The van der Waals surface area contributed by atoms with Crippen molar-refractivity contribution in [2.45, 2.75) is 19.9 Å². The van der Waals surface area contributed by atoms with Gasteiger partial charge in [-0.25, -0.2) is 4.79 Å². The highest BCUT2D eigenvalue weighted by atomic mass is 32.2. The molecule has 0 saturated carbocycles. The van der Waals surface area contributed by atoms with Crippen molar-refractivity contribution < 1.29 is 19.5 Å². The second-order valence-electron chi connectivity index (χ2n) is 5.03. The Morgan fingerprint density at radius 2 is 1.68 bits per heavy atom. The zero-order chi connectivity index (χ0) is 16.5. The first-order chi connectivity index (χ1) is 10.4. The van der Waals surface area contributed by atoms with Crippen LogP contribution in [0.2, 0.25) is 0 Å². The number of amides is 2. The Bertz CT molecular complexity index is 520. The Labute approximate surface area is 133 Å². The molecule has 1 atom stereocenters. The molecule has 120 valence electrons. The number of anilines is 1. The second-order valence-corrected chi connectivity index (χ2v) is 6.02. The van der Waals surface area contributed by atoms with Gasteiger partial charge >= 0.3 is 5.97 Å². The average Bonchev–Trinajstić information content (AvgIpc) is 2.45. The number of carbonyl (C=O) groups excluding carboxylic acids is 2. The SMILES string of the molecule is CC(C)C(NC(=O)CSCC(=O)Nc1ccccc1)C(=O)O. The van der Waals surface area contributed by atoms with Crippen LogP contribution in [0.5, 0.6) is 0 Å². The van der Waals surface area contributed by atoms with Gasteiger partial charge < -0.3 is 15.7 Å². The lowest BCUT2D eigenvalue weighted by atomic mass is 10.1. The zero-order valence-corrected chi connectivity index (χ0v) is 13.4. The van der Waals surface area contributed by atoms with E-state index in [0.29, 0.717) is 5.69 Å². The highest BCUT2D eigenvalue weighted by molar-refractivity contribution is 8.00. The standard InChI is InChI=1S/C15H20N2O4S/c1-10(2)14(15(20)21)17-13(19)9-22-8-12(18)16-11-6-4-3-5-7-11/h3-7,10,14H,8-9H2,1-2H3,(H,16,18)(H,17,19)(H,20,21). The van der Waals surface area contributed by atoms with E-state index in [1.807, 2.05) is 18.2 Å². The summed E-state index contributed by atoms with van der Waals surface area (Å²) in [5.74, 6) is -1.69. The smallest absolute Gasteiger partial charge is 0.326 e. The summed E-state index contributed by atoms with van der Waals surface area (Å²) in [5.41, 5.74) is 0.698. The van der Waals surface area contributed by atoms with Gasteiger partial charge in [0.05, 0.1) is 11.5 Å². The molecule has 1 rings (SSSR count). The summed E-state index contributed by atoms with van der Waals surface area (Å²) in [4.78, 5) is 34.3. The van der Waals surface area contributed by atoms with Crippen LogP contribution in [0, 0.1) is 5.92 Å². The summed E-state index contributed by atoms with van der Waals surface area (Å²) >= 11 is 1.14. The van der Waals surface area contributed by atoms with Gasteiger partial charge in [0.25, 0.3) is 0 Å². The average molecular weight is 324 g/mol. The first-order valence-electron chi connectivity index (χ1n) is 6.85. The molecule has 1 unspecified atom stereocenters. The van der Waals surface area contributed by atoms with Gasteiger partial charge in [-0.1, -0.05) is 32.0 Å². The lowest BCUT2D eigenvalue weighted by Crippen LogP contribution is -2.45. The monoisotopic (exact) mass is 324 g/mol. The number of carbonyl (C=O) groups is 3. The second kappa shape index (κ2) is 9.09. The molecule has 0 saturated heterocycles. The van der Waals surface area contributed by atoms with Gasteiger partial charge in [0.2, 0.25) is 11.8 Å². The molecule has 7 heteroatoms. The molecule has 0 fully saturated rings. The summed E-state index contributed by atoms with van der Waals surface area (Å²) < 4.78 is 0. The Morgan fingerprint density at radius 3 is 2.23 bits per heavy atom. The maximum Gasteiger partial charge on any atom is 0.326 e. The van der Waals surface area contributed by atoms with Crippen LogP contribution < -0.4 is 10.6 Å². The highest BCUT2D eigenvalue weighted by Gasteiger charge is 2.23. The third-order valence-corrected chi connectivity index (χ3v) is 3.71. The van der Waals surface area contributed by atoms with Crippen molar-refractivity contribution in [3.05, 3.63) is 30.3 Å². The summed E-state index contributed by atoms with van der Waals surface area (Å²) in [7, 11) is 0. The fourth-order valence-corrected chi connectivity index (χ4v) is 2.31. The number of hydrogen-bond donors (Lipinski definition) is 3. The van der Waals surface area contributed by atoms with Gasteiger partial charge in [-0.15, -0.1) is 11.8 Å². The number of rotatable bonds is 8. The van der Waals surface area contributed by atoms with Gasteiger partial charge in [0.15, 0.2) is 0 Å². The van der Waals surface area contributed by atoms with E-state index in [1.165, 1.54) is 0 Å². The summed E-state index contributed by atoms with van der Waals surface area (Å²) in [6, 6.07) is 8.11. The normalized spacial score (nSPS) is 11.8. The fraction of sp³-hybridized carbons (Fsp3) is 0.400. The number of nitrogens with one attached hydrogen (secondary N) is 2. The molecular weight excluding hydrogens is 304 g/mol. The summed E-state index contributed by atoms with van der Waals surface area (Å²) in [6.07, 6.45) is 0. The number of carboxylic acids is 1. The van der Waals surface area contributed by atoms with Crippen LogP contribution in [-0.4, -0.2) is 40.4 Å². The van der Waals surface area contributed by atoms with Crippen molar-refractivity contribution in [3.63, 3.8) is 0 Å². The van der Waals surface area contributed by atoms with E-state index < -0.39 is 17.9 Å². The van der Waals surface area contributed by atoms with Crippen molar-refractivity contribution in [2.24, 2.45) is 5.92 Å². The predicted molar refractivity (Wildman–Crippen MR) is 86.8 cm³/mol. The molecule has 3 N–H and O–H groups in total. The third-order valence-electron chi connectivity index (χ3n) is 2.77. The molecule has 2 amide bonds. The number of carboxylic acid groups (broad SMARTS) is 1. The van der Waals surface area contributed by atoms with E-state index >= 15 is 0 Å². The molecule has 1 aromatic rings. The van der Waals surface area contributed by atoms with Crippen LogP contribution in [0.4, 0.5) is 5.69 Å². The molecule has 0 heterocycles. The van der Waals surface area contributed by atoms with E-state index in [1.54, 1.807) is 26.0 Å². The van der Waals surface area contributed by atoms with Crippen LogP contribution >= 0.6 is 11.8 Å².